The highest BCUT2D eigenvalue weighted by Crippen LogP contribution is 2.19. The van der Waals surface area contributed by atoms with Gasteiger partial charge in [0.15, 0.2) is 18.2 Å². The van der Waals surface area contributed by atoms with Crippen LogP contribution < -0.4 is 9.46 Å². The maximum absolute atomic E-state index is 13.8. The Morgan fingerprint density at radius 1 is 1.20 bits per heavy atom. The van der Waals surface area contributed by atoms with Crippen LogP contribution in [-0.2, 0) is 21.2 Å². The van der Waals surface area contributed by atoms with Gasteiger partial charge in [-0.25, -0.2) is 22.3 Å². The lowest BCUT2D eigenvalue weighted by molar-refractivity contribution is -0.139. The van der Waals surface area contributed by atoms with Gasteiger partial charge in [0.05, 0.1) is 4.90 Å². The summed E-state index contributed by atoms with van der Waals surface area (Å²) in [7, 11) is -3.68. The molecule has 0 saturated carbocycles. The smallest absolute Gasteiger partial charge is 0.341 e. The lowest BCUT2D eigenvalue weighted by Gasteiger charge is -2.09. The molecule has 0 heterocycles. The van der Waals surface area contributed by atoms with E-state index in [0.717, 1.165) is 0 Å². The van der Waals surface area contributed by atoms with Crippen molar-refractivity contribution < 1.29 is 27.4 Å². The molecule has 0 aliphatic rings. The lowest BCUT2D eigenvalue weighted by Crippen LogP contribution is -2.26. The van der Waals surface area contributed by atoms with Gasteiger partial charge in [0.1, 0.15) is 0 Å². The highest BCUT2D eigenvalue weighted by molar-refractivity contribution is 7.89. The Morgan fingerprint density at radius 3 is 2.48 bits per heavy atom. The van der Waals surface area contributed by atoms with E-state index in [9.17, 15) is 17.6 Å². The maximum atomic E-state index is 13.8. The van der Waals surface area contributed by atoms with E-state index in [4.69, 9.17) is 21.4 Å². The first-order valence-corrected chi connectivity index (χ1v) is 9.02. The van der Waals surface area contributed by atoms with Gasteiger partial charge in [0.2, 0.25) is 10.0 Å². The van der Waals surface area contributed by atoms with E-state index in [1.807, 2.05) is 0 Å². The molecule has 0 amide bonds. The quantitative estimate of drug-likeness (QED) is 0.725. The van der Waals surface area contributed by atoms with Crippen molar-refractivity contribution in [2.24, 2.45) is 0 Å². The number of halogens is 2. The second-order valence-corrected chi connectivity index (χ2v) is 7.25. The van der Waals surface area contributed by atoms with E-state index in [-0.39, 0.29) is 23.6 Å². The Bertz CT molecular complexity index is 855. The first kappa shape index (κ1) is 19.2. The van der Waals surface area contributed by atoms with Crippen molar-refractivity contribution in [1.82, 2.24) is 4.72 Å². The van der Waals surface area contributed by atoms with E-state index in [1.165, 1.54) is 42.5 Å². The first-order valence-electron chi connectivity index (χ1n) is 7.16. The van der Waals surface area contributed by atoms with Gasteiger partial charge in [0, 0.05) is 11.6 Å². The van der Waals surface area contributed by atoms with Crippen molar-refractivity contribution in [2.45, 2.75) is 11.3 Å². The zero-order valence-corrected chi connectivity index (χ0v) is 14.5. The zero-order valence-electron chi connectivity index (χ0n) is 12.9. The number of carboxylic acid groups (broad SMARTS) is 1. The SMILES string of the molecule is O=C(O)COc1ccc(CCNS(=O)(=O)c2ccc(Cl)cc2)cc1F. The lowest BCUT2D eigenvalue weighted by atomic mass is 10.1. The van der Waals surface area contributed by atoms with Crippen LogP contribution in [0.1, 0.15) is 5.56 Å². The minimum atomic E-state index is -3.68. The number of ether oxygens (including phenoxy) is 1. The Kier molecular flexibility index (Phi) is 6.35. The van der Waals surface area contributed by atoms with E-state index in [0.29, 0.717) is 10.6 Å². The summed E-state index contributed by atoms with van der Waals surface area (Å²) in [5.74, 6) is -2.09. The third-order valence-electron chi connectivity index (χ3n) is 3.18. The second kappa shape index (κ2) is 8.28. The molecule has 0 radical (unpaired) electrons. The van der Waals surface area contributed by atoms with Crippen LogP contribution in [0.2, 0.25) is 5.02 Å². The number of hydrogen-bond donors (Lipinski definition) is 2. The molecule has 2 aromatic carbocycles. The monoisotopic (exact) mass is 387 g/mol. The van der Waals surface area contributed by atoms with Gasteiger partial charge in [-0.2, -0.15) is 0 Å². The van der Waals surface area contributed by atoms with Gasteiger partial charge in [-0.05, 0) is 48.4 Å². The molecule has 0 bridgehead atoms. The second-order valence-electron chi connectivity index (χ2n) is 5.05. The maximum Gasteiger partial charge on any atom is 0.341 e. The van der Waals surface area contributed by atoms with Gasteiger partial charge in [-0.15, -0.1) is 0 Å². The Balaban J connectivity index is 1.94. The van der Waals surface area contributed by atoms with Crippen LogP contribution in [0.3, 0.4) is 0 Å². The molecule has 0 unspecified atom stereocenters. The molecule has 0 aliphatic carbocycles. The predicted octanol–water partition coefficient (Wildman–Crippen LogP) is 2.46. The van der Waals surface area contributed by atoms with E-state index >= 15 is 0 Å². The fourth-order valence-corrected chi connectivity index (χ4v) is 3.14. The van der Waals surface area contributed by atoms with Crippen LogP contribution in [0.25, 0.3) is 0 Å². The minimum absolute atomic E-state index is 0.0692. The number of rotatable bonds is 8. The summed E-state index contributed by atoms with van der Waals surface area (Å²) in [6.45, 7) is -0.573. The predicted molar refractivity (Wildman–Crippen MR) is 89.9 cm³/mol. The summed E-state index contributed by atoms with van der Waals surface area (Å²) in [6.07, 6.45) is 0.253. The van der Waals surface area contributed by atoms with Gasteiger partial charge < -0.3 is 9.84 Å². The van der Waals surface area contributed by atoms with Crippen molar-refractivity contribution in [3.63, 3.8) is 0 Å². The van der Waals surface area contributed by atoms with Crippen LogP contribution in [-0.4, -0.2) is 32.6 Å². The highest BCUT2D eigenvalue weighted by Gasteiger charge is 2.13. The van der Waals surface area contributed by atoms with Crippen molar-refractivity contribution in [3.05, 3.63) is 58.9 Å². The number of nitrogens with one attached hydrogen (secondary N) is 1. The van der Waals surface area contributed by atoms with Crippen LogP contribution >= 0.6 is 11.6 Å². The van der Waals surface area contributed by atoms with Gasteiger partial charge >= 0.3 is 5.97 Å². The van der Waals surface area contributed by atoms with E-state index in [2.05, 4.69) is 4.72 Å². The van der Waals surface area contributed by atoms with Gasteiger partial charge in [-0.1, -0.05) is 17.7 Å². The molecule has 2 N–H and O–H groups in total. The molecule has 0 saturated heterocycles. The van der Waals surface area contributed by atoms with Gasteiger partial charge in [-0.3, -0.25) is 0 Å². The fourth-order valence-electron chi connectivity index (χ4n) is 1.98. The van der Waals surface area contributed by atoms with Crippen molar-refractivity contribution in [2.75, 3.05) is 13.2 Å². The molecule has 0 spiro atoms. The van der Waals surface area contributed by atoms with Gasteiger partial charge in [0.25, 0.3) is 0 Å². The third-order valence-corrected chi connectivity index (χ3v) is 4.91. The summed E-state index contributed by atoms with van der Waals surface area (Å²) in [5, 5.41) is 8.93. The van der Waals surface area contributed by atoms with Crippen LogP contribution in [0.4, 0.5) is 4.39 Å². The summed E-state index contributed by atoms with van der Waals surface area (Å²) in [5.41, 5.74) is 0.541. The average molecular weight is 388 g/mol. The summed E-state index contributed by atoms with van der Waals surface area (Å²) >= 11 is 5.72. The number of aliphatic carboxylic acids is 1. The highest BCUT2D eigenvalue weighted by atomic mass is 35.5. The Labute approximate surface area is 149 Å². The van der Waals surface area contributed by atoms with Crippen molar-refractivity contribution in [1.29, 1.82) is 0 Å². The molecule has 25 heavy (non-hydrogen) atoms. The molecule has 0 atom stereocenters. The third kappa shape index (κ3) is 5.70. The van der Waals surface area contributed by atoms with Crippen molar-refractivity contribution >= 4 is 27.6 Å². The minimum Gasteiger partial charge on any atom is -0.479 e. The topological polar surface area (TPSA) is 92.7 Å². The van der Waals surface area contributed by atoms with Crippen LogP contribution in [0.5, 0.6) is 5.75 Å². The summed E-state index contributed by atoms with van der Waals surface area (Å²) in [6, 6.07) is 9.74. The van der Waals surface area contributed by atoms with E-state index < -0.39 is 28.4 Å². The number of hydrogen-bond acceptors (Lipinski definition) is 4. The number of carboxylic acids is 1. The Hall–Kier alpha value is -2.16. The molecule has 9 heteroatoms. The average Bonchev–Trinajstić information content (AvgIpc) is 2.54. The molecule has 134 valence electrons. The zero-order chi connectivity index (χ0) is 18.4. The molecule has 0 fully saturated rings. The van der Waals surface area contributed by atoms with Crippen LogP contribution in [0.15, 0.2) is 47.4 Å². The van der Waals surface area contributed by atoms with E-state index in [1.54, 1.807) is 0 Å². The molecule has 2 rings (SSSR count). The largest absolute Gasteiger partial charge is 0.479 e. The number of benzene rings is 2. The molecular formula is C16H15ClFNO5S. The number of sulfonamides is 1. The number of carbonyl (C=O) groups is 1. The summed E-state index contributed by atoms with van der Waals surface area (Å²) < 4.78 is 45.2. The molecular weight excluding hydrogens is 373 g/mol. The molecule has 0 aromatic heterocycles. The molecule has 0 aliphatic heterocycles. The van der Waals surface area contributed by atoms with Crippen LogP contribution in [0, 0.1) is 5.82 Å². The first-order chi connectivity index (χ1) is 11.8. The Morgan fingerprint density at radius 2 is 1.88 bits per heavy atom. The summed E-state index contributed by atoms with van der Waals surface area (Å²) in [4.78, 5) is 10.5. The van der Waals surface area contributed by atoms with Crippen molar-refractivity contribution in [3.8, 4) is 5.75 Å². The standard InChI is InChI=1S/C16H15ClFNO5S/c17-12-2-4-13(5-3-12)25(22,23)19-8-7-11-1-6-15(14(18)9-11)24-10-16(20)21/h1-6,9,19H,7-8,10H2,(H,20,21). The molecule has 6 nitrogen and oxygen atoms in total. The fraction of sp³-hybridized carbons (Fsp3) is 0.188. The molecule has 2 aromatic rings. The normalized spacial score (nSPS) is 11.3.